The van der Waals surface area contributed by atoms with E-state index in [4.69, 9.17) is 4.74 Å². The van der Waals surface area contributed by atoms with Crippen molar-refractivity contribution in [1.82, 2.24) is 10.2 Å². The van der Waals surface area contributed by atoms with Crippen molar-refractivity contribution >= 4 is 0 Å². The zero-order valence-electron chi connectivity index (χ0n) is 11.9. The molecule has 1 rings (SSSR count). The van der Waals surface area contributed by atoms with Gasteiger partial charge in [0.15, 0.2) is 0 Å². The van der Waals surface area contributed by atoms with E-state index < -0.39 is 0 Å². The molecule has 4 nitrogen and oxygen atoms in total. The lowest BCUT2D eigenvalue weighted by molar-refractivity contribution is 0.331. The summed E-state index contributed by atoms with van der Waals surface area (Å²) in [5.74, 6) is 1.06. The topological polar surface area (TPSA) is 44.7 Å². The van der Waals surface area contributed by atoms with Gasteiger partial charge in [-0.05, 0) is 46.1 Å². The van der Waals surface area contributed by atoms with Gasteiger partial charge in [0.2, 0.25) is 0 Å². The molecule has 18 heavy (non-hydrogen) atoms. The number of hydrogen-bond acceptors (Lipinski definition) is 4. The maximum absolute atomic E-state index is 9.89. The van der Waals surface area contributed by atoms with E-state index in [-0.39, 0.29) is 6.04 Å². The molecule has 0 aliphatic carbocycles. The number of rotatable bonds is 6. The van der Waals surface area contributed by atoms with Crippen molar-refractivity contribution in [2.75, 3.05) is 27.7 Å². The van der Waals surface area contributed by atoms with E-state index in [9.17, 15) is 5.11 Å². The summed E-state index contributed by atoms with van der Waals surface area (Å²) in [6.07, 6.45) is 0. The fourth-order valence-corrected chi connectivity index (χ4v) is 2.12. The predicted molar refractivity (Wildman–Crippen MR) is 74.2 cm³/mol. The average Bonchev–Trinajstić information content (AvgIpc) is 2.28. The van der Waals surface area contributed by atoms with Crippen LogP contribution in [-0.2, 0) is 0 Å². The van der Waals surface area contributed by atoms with Gasteiger partial charge >= 0.3 is 0 Å². The Labute approximate surface area is 110 Å². The molecule has 0 saturated heterocycles. The molecule has 102 valence electrons. The SMILES string of the molecule is COc1ccc(O)c(C(C)NC(C)CN(C)C)c1. The lowest BCUT2D eigenvalue weighted by Crippen LogP contribution is -2.37. The Morgan fingerprint density at radius 3 is 2.56 bits per heavy atom. The van der Waals surface area contributed by atoms with Crippen molar-refractivity contribution in [2.45, 2.75) is 25.9 Å². The Kier molecular flexibility index (Phi) is 5.44. The van der Waals surface area contributed by atoms with Crippen LogP contribution < -0.4 is 10.1 Å². The Morgan fingerprint density at radius 1 is 1.33 bits per heavy atom. The minimum Gasteiger partial charge on any atom is -0.508 e. The quantitative estimate of drug-likeness (QED) is 0.813. The van der Waals surface area contributed by atoms with Crippen LogP contribution in [0.25, 0.3) is 0 Å². The Morgan fingerprint density at radius 2 is 2.00 bits per heavy atom. The number of nitrogens with zero attached hydrogens (tertiary/aromatic N) is 1. The van der Waals surface area contributed by atoms with Gasteiger partial charge < -0.3 is 20.1 Å². The maximum atomic E-state index is 9.89. The van der Waals surface area contributed by atoms with Crippen LogP contribution in [0.4, 0.5) is 0 Å². The lowest BCUT2D eigenvalue weighted by Gasteiger charge is -2.23. The minimum atomic E-state index is 0.0787. The highest BCUT2D eigenvalue weighted by Crippen LogP contribution is 2.28. The van der Waals surface area contributed by atoms with Gasteiger partial charge in [-0.3, -0.25) is 0 Å². The Hall–Kier alpha value is -1.26. The Bertz CT molecular complexity index is 380. The number of phenolic OH excluding ortho intramolecular Hbond substituents is 1. The van der Waals surface area contributed by atoms with Gasteiger partial charge in [0, 0.05) is 24.2 Å². The molecule has 0 bridgehead atoms. The van der Waals surface area contributed by atoms with Crippen molar-refractivity contribution in [2.24, 2.45) is 0 Å². The first-order valence-electron chi connectivity index (χ1n) is 6.21. The number of likely N-dealkylation sites (N-methyl/N-ethyl adjacent to an activating group) is 1. The van der Waals surface area contributed by atoms with E-state index in [1.807, 2.05) is 27.1 Å². The van der Waals surface area contributed by atoms with Gasteiger partial charge in [-0.25, -0.2) is 0 Å². The third-order valence-corrected chi connectivity index (χ3v) is 2.87. The summed E-state index contributed by atoms with van der Waals surface area (Å²) in [6, 6.07) is 5.73. The summed E-state index contributed by atoms with van der Waals surface area (Å²) >= 11 is 0. The maximum Gasteiger partial charge on any atom is 0.120 e. The molecule has 0 amide bonds. The molecule has 0 spiro atoms. The second kappa shape index (κ2) is 6.61. The summed E-state index contributed by atoms with van der Waals surface area (Å²) in [6.45, 7) is 5.13. The highest BCUT2D eigenvalue weighted by atomic mass is 16.5. The van der Waals surface area contributed by atoms with Crippen LogP contribution in [0.3, 0.4) is 0 Å². The molecule has 2 atom stereocenters. The number of methoxy groups -OCH3 is 1. The summed E-state index contributed by atoms with van der Waals surface area (Å²) in [4.78, 5) is 2.13. The fourth-order valence-electron chi connectivity index (χ4n) is 2.12. The van der Waals surface area contributed by atoms with Crippen molar-refractivity contribution in [3.05, 3.63) is 23.8 Å². The van der Waals surface area contributed by atoms with Gasteiger partial charge in [0.05, 0.1) is 7.11 Å². The third kappa shape index (κ3) is 4.20. The molecule has 0 radical (unpaired) electrons. The summed E-state index contributed by atoms with van der Waals surface area (Å²) < 4.78 is 5.18. The highest BCUT2D eigenvalue weighted by Gasteiger charge is 2.14. The van der Waals surface area contributed by atoms with Crippen molar-refractivity contribution in [3.8, 4) is 11.5 Å². The number of ether oxygens (including phenoxy) is 1. The van der Waals surface area contributed by atoms with Gasteiger partial charge in [-0.1, -0.05) is 0 Å². The second-order valence-corrected chi connectivity index (χ2v) is 4.98. The number of nitrogens with one attached hydrogen (secondary N) is 1. The molecule has 0 heterocycles. The molecule has 1 aromatic carbocycles. The zero-order valence-corrected chi connectivity index (χ0v) is 11.9. The van der Waals surface area contributed by atoms with E-state index in [1.54, 1.807) is 19.2 Å². The molecule has 0 aliphatic heterocycles. The normalized spacial score (nSPS) is 14.6. The molecule has 1 aromatic rings. The summed E-state index contributed by atoms with van der Waals surface area (Å²) in [5, 5.41) is 13.4. The first-order chi connectivity index (χ1) is 8.43. The number of phenols is 1. The zero-order chi connectivity index (χ0) is 13.7. The van der Waals surface area contributed by atoms with Gasteiger partial charge in [0.1, 0.15) is 11.5 Å². The largest absolute Gasteiger partial charge is 0.508 e. The van der Waals surface area contributed by atoms with E-state index in [0.717, 1.165) is 17.9 Å². The molecule has 2 unspecified atom stereocenters. The number of benzene rings is 1. The predicted octanol–water partition coefficient (Wildman–Crippen LogP) is 2.00. The summed E-state index contributed by atoms with van der Waals surface area (Å²) in [5.41, 5.74) is 0.861. The van der Waals surface area contributed by atoms with Gasteiger partial charge in [-0.15, -0.1) is 0 Å². The second-order valence-electron chi connectivity index (χ2n) is 4.98. The van der Waals surface area contributed by atoms with Crippen LogP contribution in [0.15, 0.2) is 18.2 Å². The van der Waals surface area contributed by atoms with Crippen LogP contribution >= 0.6 is 0 Å². The third-order valence-electron chi connectivity index (χ3n) is 2.87. The standard InChI is InChI=1S/C14H24N2O2/c1-10(9-16(3)4)15-11(2)13-8-12(18-5)6-7-14(13)17/h6-8,10-11,15,17H,9H2,1-5H3. The highest BCUT2D eigenvalue weighted by molar-refractivity contribution is 5.41. The van der Waals surface area contributed by atoms with Crippen LogP contribution in [0.2, 0.25) is 0 Å². The van der Waals surface area contributed by atoms with Crippen LogP contribution in [-0.4, -0.2) is 43.8 Å². The van der Waals surface area contributed by atoms with E-state index in [1.165, 1.54) is 0 Å². The molecular weight excluding hydrogens is 228 g/mol. The molecule has 2 N–H and O–H groups in total. The van der Waals surface area contributed by atoms with E-state index in [0.29, 0.717) is 11.8 Å². The molecule has 0 saturated carbocycles. The number of hydrogen-bond donors (Lipinski definition) is 2. The van der Waals surface area contributed by atoms with Crippen LogP contribution in [0, 0.1) is 0 Å². The number of aromatic hydroxyl groups is 1. The minimum absolute atomic E-state index is 0.0787. The van der Waals surface area contributed by atoms with Crippen LogP contribution in [0.1, 0.15) is 25.5 Å². The lowest BCUT2D eigenvalue weighted by atomic mass is 10.1. The van der Waals surface area contributed by atoms with E-state index in [2.05, 4.69) is 17.1 Å². The van der Waals surface area contributed by atoms with Crippen LogP contribution in [0.5, 0.6) is 11.5 Å². The van der Waals surface area contributed by atoms with Crippen molar-refractivity contribution in [3.63, 3.8) is 0 Å². The average molecular weight is 252 g/mol. The molecule has 0 fully saturated rings. The smallest absolute Gasteiger partial charge is 0.120 e. The Balaban J connectivity index is 2.73. The first kappa shape index (κ1) is 14.8. The molecule has 4 heteroatoms. The molecule has 0 aliphatic rings. The van der Waals surface area contributed by atoms with E-state index >= 15 is 0 Å². The molecule has 0 aromatic heterocycles. The van der Waals surface area contributed by atoms with Gasteiger partial charge in [0.25, 0.3) is 0 Å². The van der Waals surface area contributed by atoms with Crippen molar-refractivity contribution < 1.29 is 9.84 Å². The van der Waals surface area contributed by atoms with Gasteiger partial charge in [-0.2, -0.15) is 0 Å². The van der Waals surface area contributed by atoms with Crippen molar-refractivity contribution in [1.29, 1.82) is 0 Å². The summed E-state index contributed by atoms with van der Waals surface area (Å²) in [7, 11) is 5.72. The monoisotopic (exact) mass is 252 g/mol. The fraction of sp³-hybridized carbons (Fsp3) is 0.571. The first-order valence-corrected chi connectivity index (χ1v) is 6.21. The molecular formula is C14H24N2O2.